The van der Waals surface area contributed by atoms with Gasteiger partial charge in [0.15, 0.2) is 11.5 Å². The molecule has 0 atom stereocenters. The molecule has 4 aromatic rings. The number of carbonyl (C=O) groups is 1. The van der Waals surface area contributed by atoms with E-state index in [0.29, 0.717) is 23.6 Å². The molecule has 2 N–H and O–H groups in total. The molecule has 1 fully saturated rings. The molecular weight excluding hydrogens is 430 g/mol. The molecule has 4 heterocycles. The van der Waals surface area contributed by atoms with E-state index >= 15 is 0 Å². The first kappa shape index (κ1) is 20.7. The number of nitrogens with one attached hydrogen (secondary N) is 2. The number of nitrogens with zero attached hydrogens (tertiary/aromatic N) is 5. The SMILES string of the molecule is Cn1nc(-c2ccc(N3CCCCCC3=O)cc2)c(N=O)c1-c1nc2cc3c(cc2[nH]1)CNC3. The van der Waals surface area contributed by atoms with Gasteiger partial charge in [0, 0.05) is 44.4 Å². The van der Waals surface area contributed by atoms with Gasteiger partial charge >= 0.3 is 0 Å². The zero-order valence-corrected chi connectivity index (χ0v) is 19.0. The molecule has 34 heavy (non-hydrogen) atoms. The van der Waals surface area contributed by atoms with E-state index in [1.54, 1.807) is 11.7 Å². The van der Waals surface area contributed by atoms with E-state index in [9.17, 15) is 9.70 Å². The van der Waals surface area contributed by atoms with Crippen molar-refractivity contribution in [1.29, 1.82) is 0 Å². The van der Waals surface area contributed by atoms with Crippen LogP contribution in [-0.4, -0.2) is 32.2 Å². The maximum absolute atomic E-state index is 12.5. The Kier molecular flexibility index (Phi) is 4.99. The number of aromatic amines is 1. The number of H-pyrrole nitrogens is 1. The van der Waals surface area contributed by atoms with Crippen LogP contribution in [0.1, 0.15) is 36.8 Å². The molecule has 2 aromatic heterocycles. The number of hydrogen-bond acceptors (Lipinski definition) is 6. The second-order valence-electron chi connectivity index (χ2n) is 8.99. The molecule has 9 nitrogen and oxygen atoms in total. The Hall–Kier alpha value is -3.85. The van der Waals surface area contributed by atoms with Gasteiger partial charge in [-0.25, -0.2) is 4.98 Å². The maximum Gasteiger partial charge on any atom is 0.226 e. The predicted octanol–water partition coefficient (Wildman–Crippen LogP) is 4.54. The Morgan fingerprint density at radius 1 is 1.03 bits per heavy atom. The van der Waals surface area contributed by atoms with Gasteiger partial charge in [-0.15, -0.1) is 4.91 Å². The van der Waals surface area contributed by atoms with Crippen molar-refractivity contribution in [1.82, 2.24) is 25.1 Å². The van der Waals surface area contributed by atoms with Gasteiger partial charge in [-0.2, -0.15) is 5.10 Å². The fourth-order valence-corrected chi connectivity index (χ4v) is 5.03. The fourth-order valence-electron chi connectivity index (χ4n) is 5.03. The highest BCUT2D eigenvalue weighted by atomic mass is 16.3. The highest BCUT2D eigenvalue weighted by molar-refractivity contribution is 5.94. The monoisotopic (exact) mass is 455 g/mol. The summed E-state index contributed by atoms with van der Waals surface area (Å²) in [6, 6.07) is 11.8. The summed E-state index contributed by atoms with van der Waals surface area (Å²) in [6.07, 6.45) is 3.61. The standard InChI is InChI=1S/C25H25N7O2/c1-31-24(25-27-19-11-16-13-26-14-17(16)12-20(19)28-25)23(30-34)22(29-31)15-6-8-18(9-7-15)32-10-4-2-3-5-21(32)33/h6-9,11-12,26H,2-5,10,13-14H2,1H3,(H,27,28). The van der Waals surface area contributed by atoms with E-state index in [4.69, 9.17) is 4.98 Å². The van der Waals surface area contributed by atoms with E-state index in [-0.39, 0.29) is 11.6 Å². The van der Waals surface area contributed by atoms with Crippen molar-refractivity contribution in [3.8, 4) is 22.8 Å². The number of aryl methyl sites for hydroxylation is 1. The lowest BCUT2D eigenvalue weighted by molar-refractivity contribution is -0.118. The van der Waals surface area contributed by atoms with Crippen LogP contribution in [0.15, 0.2) is 41.6 Å². The van der Waals surface area contributed by atoms with Gasteiger partial charge in [0.05, 0.1) is 11.0 Å². The highest BCUT2D eigenvalue weighted by Crippen LogP contribution is 2.39. The molecule has 2 aromatic carbocycles. The van der Waals surface area contributed by atoms with Crippen LogP contribution in [0, 0.1) is 4.91 Å². The number of aromatic nitrogens is 4. The topological polar surface area (TPSA) is 108 Å². The molecular formula is C25H25N7O2. The molecule has 0 saturated carbocycles. The Morgan fingerprint density at radius 3 is 2.62 bits per heavy atom. The van der Waals surface area contributed by atoms with Crippen molar-refractivity contribution < 1.29 is 4.79 Å². The summed E-state index contributed by atoms with van der Waals surface area (Å²) in [6.45, 7) is 2.41. The van der Waals surface area contributed by atoms with Crippen molar-refractivity contribution in [3.05, 3.63) is 52.4 Å². The number of nitroso groups, excluding NO2 is 1. The van der Waals surface area contributed by atoms with Crippen molar-refractivity contribution in [3.63, 3.8) is 0 Å². The summed E-state index contributed by atoms with van der Waals surface area (Å²) in [4.78, 5) is 34.4. The molecule has 0 unspecified atom stereocenters. The molecule has 0 aliphatic carbocycles. The van der Waals surface area contributed by atoms with E-state index in [1.165, 1.54) is 11.1 Å². The quantitative estimate of drug-likeness (QED) is 0.439. The molecule has 1 saturated heterocycles. The number of anilines is 1. The first-order valence-electron chi connectivity index (χ1n) is 11.7. The van der Waals surface area contributed by atoms with Crippen molar-refractivity contribution in [2.45, 2.75) is 38.8 Å². The van der Waals surface area contributed by atoms with Gasteiger partial charge in [0.1, 0.15) is 11.4 Å². The van der Waals surface area contributed by atoms with Gasteiger partial charge in [-0.3, -0.25) is 9.48 Å². The number of fused-ring (bicyclic) bond motifs is 2. The number of rotatable bonds is 4. The first-order valence-corrected chi connectivity index (χ1v) is 11.7. The molecule has 0 bridgehead atoms. The molecule has 9 heteroatoms. The molecule has 2 aliphatic rings. The van der Waals surface area contributed by atoms with Crippen LogP contribution in [-0.2, 0) is 24.9 Å². The Labute approximate surface area is 196 Å². The predicted molar refractivity (Wildman–Crippen MR) is 131 cm³/mol. The minimum atomic E-state index is 0.160. The van der Waals surface area contributed by atoms with Crippen LogP contribution in [0.25, 0.3) is 33.8 Å². The lowest BCUT2D eigenvalue weighted by Crippen LogP contribution is -2.29. The number of benzene rings is 2. The average molecular weight is 456 g/mol. The van der Waals surface area contributed by atoms with Gasteiger partial charge in [-0.05, 0) is 53.4 Å². The minimum absolute atomic E-state index is 0.160. The maximum atomic E-state index is 12.5. The van der Waals surface area contributed by atoms with E-state index in [2.05, 4.69) is 32.7 Å². The van der Waals surface area contributed by atoms with E-state index in [0.717, 1.165) is 61.2 Å². The summed E-state index contributed by atoms with van der Waals surface area (Å²) < 4.78 is 1.64. The third-order valence-electron chi connectivity index (χ3n) is 6.80. The Morgan fingerprint density at radius 2 is 1.82 bits per heavy atom. The van der Waals surface area contributed by atoms with Crippen LogP contribution in [0.5, 0.6) is 0 Å². The molecule has 6 rings (SSSR count). The smallest absolute Gasteiger partial charge is 0.226 e. The summed E-state index contributed by atoms with van der Waals surface area (Å²) >= 11 is 0. The van der Waals surface area contributed by atoms with Crippen LogP contribution in [0.3, 0.4) is 0 Å². The summed E-state index contributed by atoms with van der Waals surface area (Å²) in [5.74, 6) is 0.724. The number of carbonyl (C=O) groups excluding carboxylic acids is 1. The lowest BCUT2D eigenvalue weighted by atomic mass is 10.1. The van der Waals surface area contributed by atoms with Crippen LogP contribution in [0.4, 0.5) is 11.4 Å². The number of imidazole rings is 1. The summed E-state index contributed by atoms with van der Waals surface area (Å²) in [7, 11) is 1.79. The second kappa shape index (κ2) is 8.18. The molecule has 1 amide bonds. The summed E-state index contributed by atoms with van der Waals surface area (Å²) in [5, 5.41) is 11.3. The Balaban J connectivity index is 1.37. The van der Waals surface area contributed by atoms with Crippen LogP contribution >= 0.6 is 0 Å². The van der Waals surface area contributed by atoms with Gasteiger partial charge in [0.25, 0.3) is 0 Å². The molecule has 0 radical (unpaired) electrons. The molecule has 0 spiro atoms. The van der Waals surface area contributed by atoms with Gasteiger partial charge in [-0.1, -0.05) is 18.6 Å². The van der Waals surface area contributed by atoms with Crippen molar-refractivity contribution in [2.24, 2.45) is 12.2 Å². The third kappa shape index (κ3) is 3.40. The first-order chi connectivity index (χ1) is 16.6. The zero-order valence-electron chi connectivity index (χ0n) is 19.0. The van der Waals surface area contributed by atoms with Crippen LogP contribution < -0.4 is 10.2 Å². The van der Waals surface area contributed by atoms with Crippen molar-refractivity contribution >= 4 is 28.3 Å². The fraction of sp³-hybridized carbons (Fsp3) is 0.320. The lowest BCUT2D eigenvalue weighted by Gasteiger charge is -2.20. The molecule has 2 aliphatic heterocycles. The normalized spacial score (nSPS) is 16.1. The van der Waals surface area contributed by atoms with Crippen molar-refractivity contribution in [2.75, 3.05) is 11.4 Å². The van der Waals surface area contributed by atoms with E-state index < -0.39 is 0 Å². The van der Waals surface area contributed by atoms with Gasteiger partial charge in [0.2, 0.25) is 5.91 Å². The average Bonchev–Trinajstić information content (AvgIpc) is 3.51. The van der Waals surface area contributed by atoms with Gasteiger partial charge < -0.3 is 15.2 Å². The molecule has 172 valence electrons. The minimum Gasteiger partial charge on any atom is -0.337 e. The van der Waals surface area contributed by atoms with Crippen LogP contribution in [0.2, 0.25) is 0 Å². The zero-order chi connectivity index (χ0) is 23.2. The largest absolute Gasteiger partial charge is 0.337 e. The Bertz CT molecular complexity index is 1380. The summed E-state index contributed by atoms with van der Waals surface area (Å²) in [5.41, 5.74) is 7.19. The van der Waals surface area contributed by atoms with E-state index in [1.807, 2.05) is 29.2 Å². The second-order valence-corrected chi connectivity index (χ2v) is 8.99. The third-order valence-corrected chi connectivity index (χ3v) is 6.80. The number of hydrogen-bond donors (Lipinski definition) is 2. The number of amides is 1. The highest BCUT2D eigenvalue weighted by Gasteiger charge is 2.24.